The van der Waals surface area contributed by atoms with Crippen molar-refractivity contribution in [3.8, 4) is 0 Å². The van der Waals surface area contributed by atoms with Crippen LogP contribution in [0.5, 0.6) is 0 Å². The first-order chi connectivity index (χ1) is 8.49. The largest absolute Gasteiger partial charge is 0.389 e. The molecular formula is C11H12BrN3O2S. The van der Waals surface area contributed by atoms with Gasteiger partial charge in [0.05, 0.1) is 6.10 Å². The number of aliphatic hydroxyl groups excluding tert-OH is 1. The fourth-order valence-electron chi connectivity index (χ4n) is 1.44. The third-order valence-electron chi connectivity index (χ3n) is 2.47. The summed E-state index contributed by atoms with van der Waals surface area (Å²) in [7, 11) is 1.66. The zero-order chi connectivity index (χ0) is 13.3. The zero-order valence-corrected chi connectivity index (χ0v) is 12.2. The number of aliphatic hydroxyl groups is 1. The third kappa shape index (κ3) is 2.68. The number of nitrogens with zero attached hydrogens (tertiary/aromatic N) is 2. The van der Waals surface area contributed by atoms with E-state index in [0.29, 0.717) is 5.16 Å². The number of nitrogens with one attached hydrogen (secondary N) is 1. The molecule has 1 aromatic carbocycles. The Labute approximate surface area is 116 Å². The van der Waals surface area contributed by atoms with Crippen molar-refractivity contribution in [1.82, 2.24) is 14.8 Å². The Kier molecular flexibility index (Phi) is 3.94. The van der Waals surface area contributed by atoms with Gasteiger partial charge in [-0.2, -0.15) is 0 Å². The lowest BCUT2D eigenvalue weighted by atomic mass is 10.1. The second kappa shape index (κ2) is 5.29. The smallest absolute Gasteiger partial charge is 0.343 e. The summed E-state index contributed by atoms with van der Waals surface area (Å²) in [6.07, 6.45) is -0.520. The molecule has 1 aromatic heterocycles. The Morgan fingerprint density at radius 3 is 2.78 bits per heavy atom. The number of benzene rings is 1. The Bertz CT molecular complexity index is 621. The summed E-state index contributed by atoms with van der Waals surface area (Å²) in [5.41, 5.74) is 0.590. The highest BCUT2D eigenvalue weighted by Crippen LogP contribution is 2.31. The lowest BCUT2D eigenvalue weighted by molar-refractivity contribution is 0.198. The van der Waals surface area contributed by atoms with E-state index in [4.69, 9.17) is 0 Å². The van der Waals surface area contributed by atoms with E-state index in [-0.39, 0.29) is 5.69 Å². The molecule has 7 heteroatoms. The average molecular weight is 330 g/mol. The molecule has 0 radical (unpaired) electrons. The molecule has 1 heterocycles. The molecule has 0 saturated carbocycles. The molecule has 0 aliphatic heterocycles. The molecular weight excluding hydrogens is 318 g/mol. The highest BCUT2D eigenvalue weighted by Gasteiger charge is 2.10. The lowest BCUT2D eigenvalue weighted by Gasteiger charge is -2.08. The second-order valence-electron chi connectivity index (χ2n) is 3.83. The van der Waals surface area contributed by atoms with Crippen LogP contribution in [0.3, 0.4) is 0 Å². The van der Waals surface area contributed by atoms with E-state index in [2.05, 4.69) is 26.1 Å². The topological polar surface area (TPSA) is 70.9 Å². The van der Waals surface area contributed by atoms with Crippen LogP contribution in [0.1, 0.15) is 18.6 Å². The van der Waals surface area contributed by atoms with Crippen LogP contribution in [0.25, 0.3) is 0 Å². The molecule has 5 nitrogen and oxygen atoms in total. The van der Waals surface area contributed by atoms with Crippen molar-refractivity contribution in [2.24, 2.45) is 7.05 Å². The molecule has 1 atom stereocenters. The van der Waals surface area contributed by atoms with Gasteiger partial charge < -0.3 is 5.11 Å². The first-order valence-corrected chi connectivity index (χ1v) is 6.86. The van der Waals surface area contributed by atoms with Gasteiger partial charge in [-0.1, -0.05) is 22.0 Å². The summed E-state index contributed by atoms with van der Waals surface area (Å²) in [4.78, 5) is 12.2. The fourth-order valence-corrected chi connectivity index (χ4v) is 3.14. The van der Waals surface area contributed by atoms with Gasteiger partial charge in [0, 0.05) is 16.4 Å². The molecule has 0 aliphatic carbocycles. The number of rotatable bonds is 3. The number of hydrogen-bond acceptors (Lipinski definition) is 4. The third-order valence-corrected chi connectivity index (χ3v) is 4.19. The summed E-state index contributed by atoms with van der Waals surface area (Å²) in [6, 6.07) is 5.63. The minimum atomic E-state index is -0.520. The van der Waals surface area contributed by atoms with Gasteiger partial charge in [-0.3, -0.25) is 4.57 Å². The number of H-pyrrole nitrogens is 1. The van der Waals surface area contributed by atoms with Gasteiger partial charge in [0.25, 0.3) is 0 Å². The second-order valence-corrected chi connectivity index (χ2v) is 5.73. The Morgan fingerprint density at radius 2 is 2.28 bits per heavy atom. The maximum atomic E-state index is 11.2. The van der Waals surface area contributed by atoms with Crippen LogP contribution in [0.15, 0.2) is 37.5 Å². The van der Waals surface area contributed by atoms with Gasteiger partial charge in [-0.15, -0.1) is 5.10 Å². The van der Waals surface area contributed by atoms with Gasteiger partial charge in [-0.25, -0.2) is 9.89 Å². The molecule has 0 aliphatic rings. The molecule has 96 valence electrons. The van der Waals surface area contributed by atoms with Crippen LogP contribution in [0.4, 0.5) is 0 Å². The van der Waals surface area contributed by atoms with Crippen LogP contribution >= 0.6 is 27.7 Å². The van der Waals surface area contributed by atoms with Crippen LogP contribution in [0.2, 0.25) is 0 Å². The van der Waals surface area contributed by atoms with Gasteiger partial charge in [0.1, 0.15) is 0 Å². The van der Waals surface area contributed by atoms with E-state index in [1.807, 2.05) is 18.2 Å². The Morgan fingerprint density at radius 1 is 1.56 bits per heavy atom. The molecule has 1 unspecified atom stereocenters. The summed E-state index contributed by atoms with van der Waals surface area (Å²) < 4.78 is 2.28. The zero-order valence-electron chi connectivity index (χ0n) is 9.85. The van der Waals surface area contributed by atoms with Crippen LogP contribution in [-0.4, -0.2) is 19.9 Å². The molecule has 0 bridgehead atoms. The summed E-state index contributed by atoms with van der Waals surface area (Å²) in [5.74, 6) is 0. The number of hydrogen-bond donors (Lipinski definition) is 2. The normalized spacial score (nSPS) is 12.7. The Hall–Kier alpha value is -1.05. The van der Waals surface area contributed by atoms with Gasteiger partial charge >= 0.3 is 5.69 Å². The van der Waals surface area contributed by atoms with Crippen molar-refractivity contribution in [2.45, 2.75) is 23.1 Å². The lowest BCUT2D eigenvalue weighted by Crippen LogP contribution is -2.12. The highest BCUT2D eigenvalue weighted by molar-refractivity contribution is 9.10. The van der Waals surface area contributed by atoms with Crippen molar-refractivity contribution >= 4 is 27.7 Å². The van der Waals surface area contributed by atoms with Gasteiger partial charge in [-0.05, 0) is 36.4 Å². The number of halogens is 1. The van der Waals surface area contributed by atoms with Crippen molar-refractivity contribution < 1.29 is 5.11 Å². The van der Waals surface area contributed by atoms with Crippen molar-refractivity contribution in [3.05, 3.63) is 38.7 Å². The van der Waals surface area contributed by atoms with E-state index in [1.165, 1.54) is 16.3 Å². The number of aromatic nitrogens is 3. The van der Waals surface area contributed by atoms with Crippen molar-refractivity contribution in [2.75, 3.05) is 0 Å². The van der Waals surface area contributed by atoms with Crippen molar-refractivity contribution in [1.29, 1.82) is 0 Å². The van der Waals surface area contributed by atoms with Crippen molar-refractivity contribution in [3.63, 3.8) is 0 Å². The SMILES string of the molecule is CC(O)c1ccc(Sc2n[nH]c(=O)n2C)cc1Br. The maximum absolute atomic E-state index is 11.2. The first kappa shape index (κ1) is 13.4. The molecule has 0 spiro atoms. The van der Waals surface area contributed by atoms with E-state index in [0.717, 1.165) is 14.9 Å². The first-order valence-electron chi connectivity index (χ1n) is 5.26. The highest BCUT2D eigenvalue weighted by atomic mass is 79.9. The van der Waals surface area contributed by atoms with Crippen LogP contribution in [0, 0.1) is 0 Å². The molecule has 2 N–H and O–H groups in total. The van der Waals surface area contributed by atoms with E-state index >= 15 is 0 Å². The quantitative estimate of drug-likeness (QED) is 0.904. The van der Waals surface area contributed by atoms with E-state index in [1.54, 1.807) is 14.0 Å². The van der Waals surface area contributed by atoms with Gasteiger partial charge in [0.2, 0.25) is 0 Å². The van der Waals surface area contributed by atoms with E-state index < -0.39 is 6.10 Å². The van der Waals surface area contributed by atoms with Crippen LogP contribution < -0.4 is 5.69 Å². The fraction of sp³-hybridized carbons (Fsp3) is 0.273. The summed E-state index contributed by atoms with van der Waals surface area (Å²) in [5, 5.41) is 16.4. The standard InChI is InChI=1S/C11H12BrN3O2S/c1-6(16)8-4-3-7(5-9(8)12)18-11-14-13-10(17)15(11)2/h3-6,16H,1-2H3,(H,13,17). The predicted molar refractivity (Wildman–Crippen MR) is 72.7 cm³/mol. The number of aromatic amines is 1. The monoisotopic (exact) mass is 329 g/mol. The molecule has 18 heavy (non-hydrogen) atoms. The predicted octanol–water partition coefficient (Wildman–Crippen LogP) is 2.08. The average Bonchev–Trinajstić information content (AvgIpc) is 2.61. The summed E-state index contributed by atoms with van der Waals surface area (Å²) in [6.45, 7) is 1.71. The minimum absolute atomic E-state index is 0.239. The minimum Gasteiger partial charge on any atom is -0.389 e. The molecule has 0 saturated heterocycles. The molecule has 0 amide bonds. The van der Waals surface area contributed by atoms with E-state index in [9.17, 15) is 9.90 Å². The van der Waals surface area contributed by atoms with Gasteiger partial charge in [0.15, 0.2) is 5.16 Å². The molecule has 0 fully saturated rings. The Balaban J connectivity index is 2.28. The summed E-state index contributed by atoms with van der Waals surface area (Å²) >= 11 is 4.79. The molecule has 2 aromatic rings. The molecule has 2 rings (SSSR count). The maximum Gasteiger partial charge on any atom is 0.343 e. The van der Waals surface area contributed by atoms with Crippen LogP contribution in [-0.2, 0) is 7.05 Å².